The van der Waals surface area contributed by atoms with Crippen LogP contribution in [0.5, 0.6) is 0 Å². The van der Waals surface area contributed by atoms with Crippen LogP contribution >= 0.6 is 23.1 Å². The van der Waals surface area contributed by atoms with E-state index in [-0.39, 0.29) is 5.97 Å². The minimum absolute atomic E-state index is 0.184. The average molecular weight is 282 g/mol. The van der Waals surface area contributed by atoms with E-state index in [2.05, 4.69) is 16.9 Å². The van der Waals surface area contributed by atoms with Crippen LogP contribution in [0.3, 0.4) is 0 Å². The van der Waals surface area contributed by atoms with E-state index >= 15 is 0 Å². The number of ether oxygens (including phenoxy) is 1. The smallest absolute Gasteiger partial charge is 0.316 e. The van der Waals surface area contributed by atoms with Crippen molar-refractivity contribution in [1.82, 2.24) is 9.97 Å². The van der Waals surface area contributed by atoms with Crippen LogP contribution in [0.2, 0.25) is 0 Å². The minimum atomic E-state index is -0.184. The number of aromatic nitrogens is 2. The summed E-state index contributed by atoms with van der Waals surface area (Å²) in [4.78, 5) is 19.8. The lowest BCUT2D eigenvalue weighted by Gasteiger charge is -2.03. The Balaban J connectivity index is 1.90. The van der Waals surface area contributed by atoms with Crippen LogP contribution in [-0.4, -0.2) is 28.3 Å². The number of hydrogen-bond donors (Lipinski definition) is 0. The average Bonchev–Trinajstić information content (AvgIpc) is 2.85. The standard InChI is InChI=1S/C12H14N2O2S2/c1-2-3-5-16-10(15)7-18-12-11-9(4-6-17-11)13-8-14-12/h4,6,8H,2-3,5,7H2,1H3. The van der Waals surface area contributed by atoms with E-state index in [0.717, 1.165) is 28.1 Å². The molecule has 0 unspecified atom stereocenters. The molecule has 0 atom stereocenters. The van der Waals surface area contributed by atoms with Gasteiger partial charge in [-0.25, -0.2) is 9.97 Å². The Morgan fingerprint density at radius 1 is 1.50 bits per heavy atom. The Kier molecular flexibility index (Phi) is 4.95. The second kappa shape index (κ2) is 6.70. The number of thioether (sulfide) groups is 1. The molecule has 0 spiro atoms. The Hall–Kier alpha value is -1.14. The van der Waals surface area contributed by atoms with Gasteiger partial charge in [-0.3, -0.25) is 4.79 Å². The first-order valence-electron chi connectivity index (χ1n) is 5.78. The summed E-state index contributed by atoms with van der Waals surface area (Å²) in [6.07, 6.45) is 3.47. The molecule has 0 fully saturated rings. The highest BCUT2D eigenvalue weighted by Crippen LogP contribution is 2.28. The Bertz CT molecular complexity index is 528. The van der Waals surface area contributed by atoms with E-state index in [1.54, 1.807) is 11.3 Å². The topological polar surface area (TPSA) is 52.1 Å². The molecule has 96 valence electrons. The van der Waals surface area contributed by atoms with Crippen molar-refractivity contribution in [3.8, 4) is 0 Å². The number of esters is 1. The largest absolute Gasteiger partial charge is 0.465 e. The summed E-state index contributed by atoms with van der Waals surface area (Å²) in [6.45, 7) is 2.57. The molecular weight excluding hydrogens is 268 g/mol. The number of hydrogen-bond acceptors (Lipinski definition) is 6. The van der Waals surface area contributed by atoms with Gasteiger partial charge in [-0.05, 0) is 17.9 Å². The van der Waals surface area contributed by atoms with Crippen LogP contribution in [0.15, 0.2) is 22.8 Å². The van der Waals surface area contributed by atoms with Gasteiger partial charge in [-0.1, -0.05) is 25.1 Å². The molecule has 0 aliphatic heterocycles. The van der Waals surface area contributed by atoms with Gasteiger partial charge in [0.05, 0.1) is 22.6 Å². The lowest BCUT2D eigenvalue weighted by atomic mass is 10.4. The molecule has 0 aromatic carbocycles. The summed E-state index contributed by atoms with van der Waals surface area (Å²) in [6, 6.07) is 1.95. The third kappa shape index (κ3) is 3.43. The summed E-state index contributed by atoms with van der Waals surface area (Å²) in [5.41, 5.74) is 0.928. The fourth-order valence-electron chi connectivity index (χ4n) is 1.37. The number of fused-ring (bicyclic) bond motifs is 1. The van der Waals surface area contributed by atoms with Crippen molar-refractivity contribution in [2.24, 2.45) is 0 Å². The summed E-state index contributed by atoms with van der Waals surface area (Å²) < 4.78 is 6.13. The van der Waals surface area contributed by atoms with E-state index in [0.29, 0.717) is 12.4 Å². The van der Waals surface area contributed by atoms with Crippen molar-refractivity contribution in [3.63, 3.8) is 0 Å². The Labute approximate surface area is 114 Å². The van der Waals surface area contributed by atoms with Gasteiger partial charge in [0, 0.05) is 0 Å². The molecule has 0 bridgehead atoms. The van der Waals surface area contributed by atoms with E-state index in [1.165, 1.54) is 18.1 Å². The fraction of sp³-hybridized carbons (Fsp3) is 0.417. The van der Waals surface area contributed by atoms with Gasteiger partial charge in [-0.15, -0.1) is 11.3 Å². The van der Waals surface area contributed by atoms with E-state index < -0.39 is 0 Å². The van der Waals surface area contributed by atoms with Gasteiger partial charge in [-0.2, -0.15) is 0 Å². The second-order valence-corrected chi connectivity index (χ2v) is 5.56. The van der Waals surface area contributed by atoms with Gasteiger partial charge in [0.2, 0.25) is 0 Å². The lowest BCUT2D eigenvalue weighted by molar-refractivity contribution is -0.140. The molecule has 2 rings (SSSR count). The highest BCUT2D eigenvalue weighted by Gasteiger charge is 2.09. The number of unbranched alkanes of at least 4 members (excludes halogenated alkanes) is 1. The molecule has 18 heavy (non-hydrogen) atoms. The minimum Gasteiger partial charge on any atom is -0.465 e. The maximum absolute atomic E-state index is 11.5. The molecule has 2 aromatic rings. The fourth-order valence-corrected chi connectivity index (χ4v) is 3.11. The monoisotopic (exact) mass is 282 g/mol. The molecule has 2 aromatic heterocycles. The van der Waals surface area contributed by atoms with Gasteiger partial charge in [0.15, 0.2) is 0 Å². The summed E-state index contributed by atoms with van der Waals surface area (Å²) in [7, 11) is 0. The molecule has 0 aliphatic rings. The number of nitrogens with zero attached hydrogens (tertiary/aromatic N) is 2. The normalized spacial score (nSPS) is 10.7. The summed E-state index contributed by atoms with van der Waals surface area (Å²) >= 11 is 2.99. The van der Waals surface area contributed by atoms with E-state index in [1.807, 2.05) is 11.4 Å². The lowest BCUT2D eigenvalue weighted by Crippen LogP contribution is -2.08. The molecule has 0 N–H and O–H groups in total. The summed E-state index contributed by atoms with van der Waals surface area (Å²) in [5, 5.41) is 2.82. The van der Waals surface area contributed by atoms with Crippen LogP contribution in [0, 0.1) is 0 Å². The van der Waals surface area contributed by atoms with Crippen molar-refractivity contribution < 1.29 is 9.53 Å². The first-order chi connectivity index (χ1) is 8.81. The molecular formula is C12H14N2O2S2. The van der Waals surface area contributed by atoms with Gasteiger partial charge in [0.1, 0.15) is 11.4 Å². The molecule has 0 saturated carbocycles. The molecule has 0 amide bonds. The zero-order chi connectivity index (χ0) is 12.8. The molecule has 0 saturated heterocycles. The maximum Gasteiger partial charge on any atom is 0.316 e. The quantitative estimate of drug-likeness (QED) is 0.352. The Morgan fingerprint density at radius 2 is 2.39 bits per heavy atom. The number of carbonyl (C=O) groups is 1. The van der Waals surface area contributed by atoms with Crippen molar-refractivity contribution in [2.45, 2.75) is 24.8 Å². The number of rotatable bonds is 6. The predicted octanol–water partition coefficient (Wildman–Crippen LogP) is 3.13. The van der Waals surface area contributed by atoms with Crippen molar-refractivity contribution in [3.05, 3.63) is 17.8 Å². The highest BCUT2D eigenvalue weighted by atomic mass is 32.2. The summed E-state index contributed by atoms with van der Waals surface area (Å²) in [5.74, 6) is 0.116. The van der Waals surface area contributed by atoms with E-state index in [4.69, 9.17) is 4.74 Å². The second-order valence-electron chi connectivity index (χ2n) is 3.68. The van der Waals surface area contributed by atoms with Crippen molar-refractivity contribution >= 4 is 39.3 Å². The SMILES string of the molecule is CCCCOC(=O)CSc1ncnc2ccsc12. The maximum atomic E-state index is 11.5. The van der Waals surface area contributed by atoms with Crippen molar-refractivity contribution in [2.75, 3.05) is 12.4 Å². The molecule has 6 heteroatoms. The van der Waals surface area contributed by atoms with Crippen molar-refractivity contribution in [1.29, 1.82) is 0 Å². The van der Waals surface area contributed by atoms with Crippen LogP contribution in [-0.2, 0) is 9.53 Å². The predicted molar refractivity (Wildman–Crippen MR) is 74.0 cm³/mol. The number of thiophene rings is 1. The first-order valence-corrected chi connectivity index (χ1v) is 7.64. The van der Waals surface area contributed by atoms with Crippen LogP contribution < -0.4 is 0 Å². The molecule has 0 radical (unpaired) electrons. The molecule has 2 heterocycles. The number of carbonyl (C=O) groups excluding carboxylic acids is 1. The molecule has 4 nitrogen and oxygen atoms in total. The third-order valence-electron chi connectivity index (χ3n) is 2.30. The van der Waals surface area contributed by atoms with Crippen LogP contribution in [0.1, 0.15) is 19.8 Å². The zero-order valence-corrected chi connectivity index (χ0v) is 11.7. The molecule has 0 aliphatic carbocycles. The van der Waals surface area contributed by atoms with Crippen LogP contribution in [0.25, 0.3) is 10.2 Å². The van der Waals surface area contributed by atoms with Gasteiger partial charge in [0.25, 0.3) is 0 Å². The van der Waals surface area contributed by atoms with Crippen LogP contribution in [0.4, 0.5) is 0 Å². The van der Waals surface area contributed by atoms with Gasteiger partial charge < -0.3 is 4.74 Å². The third-order valence-corrected chi connectivity index (χ3v) is 4.30. The highest BCUT2D eigenvalue weighted by molar-refractivity contribution is 8.00. The van der Waals surface area contributed by atoms with Gasteiger partial charge >= 0.3 is 5.97 Å². The Morgan fingerprint density at radius 3 is 3.22 bits per heavy atom. The van der Waals surface area contributed by atoms with E-state index in [9.17, 15) is 4.79 Å². The zero-order valence-electron chi connectivity index (χ0n) is 10.1. The first kappa shape index (κ1) is 13.3.